The Kier molecular flexibility index (Phi) is 5.90. The Hall–Kier alpha value is -2.18. The van der Waals surface area contributed by atoms with Gasteiger partial charge < -0.3 is 9.84 Å². The summed E-state index contributed by atoms with van der Waals surface area (Å²) < 4.78 is 7.18. The molecule has 7 heteroatoms. The van der Waals surface area contributed by atoms with E-state index in [0.717, 1.165) is 18.5 Å². The molecule has 0 radical (unpaired) electrons. The highest BCUT2D eigenvalue weighted by Gasteiger charge is 2.12. The van der Waals surface area contributed by atoms with Crippen LogP contribution < -0.4 is 5.32 Å². The van der Waals surface area contributed by atoms with Gasteiger partial charge in [-0.05, 0) is 19.5 Å². The number of benzene rings is 1. The van der Waals surface area contributed by atoms with Gasteiger partial charge in [-0.25, -0.2) is 0 Å². The van der Waals surface area contributed by atoms with Crippen molar-refractivity contribution in [3.8, 4) is 11.5 Å². The van der Waals surface area contributed by atoms with Crippen molar-refractivity contribution in [2.24, 2.45) is 0 Å². The minimum atomic E-state index is 0. The summed E-state index contributed by atoms with van der Waals surface area (Å²) in [5.41, 5.74) is 2.04. The lowest BCUT2D eigenvalue weighted by Crippen LogP contribution is -2.24. The van der Waals surface area contributed by atoms with Gasteiger partial charge in [0.15, 0.2) is 5.82 Å². The molecule has 2 aromatic heterocycles. The van der Waals surface area contributed by atoms with Gasteiger partial charge in [0.1, 0.15) is 0 Å². The molecule has 1 aromatic carbocycles. The Morgan fingerprint density at radius 1 is 1.26 bits per heavy atom. The highest BCUT2D eigenvalue weighted by Crippen LogP contribution is 2.17. The maximum Gasteiger partial charge on any atom is 0.261 e. The quantitative estimate of drug-likeness (QED) is 0.750. The molecule has 122 valence electrons. The van der Waals surface area contributed by atoms with Gasteiger partial charge in [0.05, 0.1) is 18.3 Å². The Morgan fingerprint density at radius 3 is 2.78 bits per heavy atom. The average Bonchev–Trinajstić information content (AvgIpc) is 3.17. The van der Waals surface area contributed by atoms with Crippen molar-refractivity contribution in [2.45, 2.75) is 25.9 Å². The molecule has 0 aliphatic heterocycles. The van der Waals surface area contributed by atoms with Crippen LogP contribution in [0.4, 0.5) is 0 Å². The van der Waals surface area contributed by atoms with Crippen molar-refractivity contribution in [2.75, 3.05) is 7.05 Å². The van der Waals surface area contributed by atoms with Gasteiger partial charge in [-0.1, -0.05) is 35.5 Å². The molecule has 6 nitrogen and oxygen atoms in total. The monoisotopic (exact) mass is 333 g/mol. The summed E-state index contributed by atoms with van der Waals surface area (Å²) in [7, 11) is 1.92. The molecule has 1 N–H and O–H groups in total. The van der Waals surface area contributed by atoms with Crippen LogP contribution in [0.2, 0.25) is 0 Å². The van der Waals surface area contributed by atoms with Gasteiger partial charge in [-0.3, -0.25) is 4.68 Å². The van der Waals surface area contributed by atoms with Gasteiger partial charge in [-0.15, -0.1) is 12.4 Å². The van der Waals surface area contributed by atoms with Crippen molar-refractivity contribution in [3.63, 3.8) is 0 Å². The number of aromatic nitrogens is 4. The average molecular weight is 334 g/mol. The summed E-state index contributed by atoms with van der Waals surface area (Å²) >= 11 is 0. The van der Waals surface area contributed by atoms with E-state index in [1.165, 1.54) is 5.56 Å². The summed E-state index contributed by atoms with van der Waals surface area (Å²) in [5, 5.41) is 11.5. The molecule has 0 amide bonds. The molecule has 1 atom stereocenters. The third-order valence-electron chi connectivity index (χ3n) is 3.52. The smallest absolute Gasteiger partial charge is 0.261 e. The molecule has 0 saturated carbocycles. The first-order valence-corrected chi connectivity index (χ1v) is 7.31. The third kappa shape index (κ3) is 4.40. The zero-order valence-electron chi connectivity index (χ0n) is 13.1. The van der Waals surface area contributed by atoms with Crippen LogP contribution in [0.15, 0.2) is 47.2 Å². The molecular weight excluding hydrogens is 314 g/mol. The minimum absolute atomic E-state index is 0. The predicted molar refractivity (Wildman–Crippen MR) is 90.5 cm³/mol. The van der Waals surface area contributed by atoms with Crippen LogP contribution >= 0.6 is 12.4 Å². The topological polar surface area (TPSA) is 68.8 Å². The van der Waals surface area contributed by atoms with E-state index in [-0.39, 0.29) is 12.4 Å². The lowest BCUT2D eigenvalue weighted by Gasteiger charge is -2.04. The summed E-state index contributed by atoms with van der Waals surface area (Å²) in [6.45, 7) is 2.80. The number of hydrogen-bond acceptors (Lipinski definition) is 5. The lowest BCUT2D eigenvalue weighted by molar-refractivity contribution is 0.418. The highest BCUT2D eigenvalue weighted by atomic mass is 35.5. The van der Waals surface area contributed by atoms with Gasteiger partial charge >= 0.3 is 0 Å². The first kappa shape index (κ1) is 17.2. The number of rotatable bonds is 6. The summed E-state index contributed by atoms with van der Waals surface area (Å²) in [6.07, 6.45) is 4.41. The van der Waals surface area contributed by atoms with E-state index in [0.29, 0.717) is 17.8 Å². The fourth-order valence-corrected chi connectivity index (χ4v) is 2.16. The SMILES string of the molecule is CNC(C)Cc1noc(-c2cnn(Cc3ccccc3)c2)n1.Cl. The van der Waals surface area contributed by atoms with Crippen molar-refractivity contribution in [3.05, 3.63) is 54.1 Å². The van der Waals surface area contributed by atoms with Crippen molar-refractivity contribution in [1.29, 1.82) is 0 Å². The molecule has 0 spiro atoms. The minimum Gasteiger partial charge on any atom is -0.334 e. The van der Waals surface area contributed by atoms with Crippen molar-refractivity contribution < 1.29 is 4.52 Å². The fraction of sp³-hybridized carbons (Fsp3) is 0.312. The normalized spacial score (nSPS) is 11.9. The summed E-state index contributed by atoms with van der Waals surface area (Å²) in [4.78, 5) is 4.42. The van der Waals surface area contributed by atoms with Crippen LogP contribution in [0, 0.1) is 0 Å². The third-order valence-corrected chi connectivity index (χ3v) is 3.52. The molecule has 1 unspecified atom stereocenters. The fourth-order valence-electron chi connectivity index (χ4n) is 2.16. The van der Waals surface area contributed by atoms with Crippen LogP contribution in [0.1, 0.15) is 18.3 Å². The summed E-state index contributed by atoms with van der Waals surface area (Å²) in [5.74, 6) is 1.21. The highest BCUT2D eigenvalue weighted by molar-refractivity contribution is 5.85. The number of likely N-dealkylation sites (N-methyl/N-ethyl adjacent to an activating group) is 1. The first-order chi connectivity index (χ1) is 10.7. The maximum absolute atomic E-state index is 5.32. The number of hydrogen-bond donors (Lipinski definition) is 1. The molecule has 3 rings (SSSR count). The van der Waals surface area contributed by atoms with E-state index in [4.69, 9.17) is 4.52 Å². The van der Waals surface area contributed by atoms with E-state index in [1.807, 2.05) is 36.1 Å². The van der Waals surface area contributed by atoms with Gasteiger partial charge in [-0.2, -0.15) is 10.1 Å². The second-order valence-electron chi connectivity index (χ2n) is 5.32. The second-order valence-corrected chi connectivity index (χ2v) is 5.32. The molecule has 0 saturated heterocycles. The molecular formula is C16H20ClN5O. The van der Waals surface area contributed by atoms with Crippen LogP contribution in [-0.4, -0.2) is 33.0 Å². The Bertz CT molecular complexity index is 725. The molecule has 0 bridgehead atoms. The van der Waals surface area contributed by atoms with Crippen molar-refractivity contribution >= 4 is 12.4 Å². The maximum atomic E-state index is 5.32. The van der Waals surface area contributed by atoms with Gasteiger partial charge in [0.2, 0.25) is 0 Å². The largest absolute Gasteiger partial charge is 0.334 e. The Labute approximate surface area is 141 Å². The molecule has 0 aliphatic rings. The van der Waals surface area contributed by atoms with E-state index < -0.39 is 0 Å². The van der Waals surface area contributed by atoms with Gasteiger partial charge in [0, 0.05) is 18.7 Å². The predicted octanol–water partition coefficient (Wildman–Crippen LogP) is 2.55. The van der Waals surface area contributed by atoms with Crippen molar-refractivity contribution in [1.82, 2.24) is 25.2 Å². The molecule has 23 heavy (non-hydrogen) atoms. The molecule has 0 aliphatic carbocycles. The molecule has 0 fully saturated rings. The molecule has 2 heterocycles. The lowest BCUT2D eigenvalue weighted by atomic mass is 10.2. The van der Waals surface area contributed by atoms with Crippen LogP contribution in [0.3, 0.4) is 0 Å². The van der Waals surface area contributed by atoms with Crippen LogP contribution in [0.5, 0.6) is 0 Å². The Balaban J connectivity index is 0.00000192. The van der Waals surface area contributed by atoms with E-state index >= 15 is 0 Å². The van der Waals surface area contributed by atoms with Crippen LogP contribution in [0.25, 0.3) is 11.5 Å². The number of nitrogens with zero attached hydrogens (tertiary/aromatic N) is 4. The second kappa shape index (κ2) is 7.89. The van der Waals surface area contributed by atoms with Gasteiger partial charge in [0.25, 0.3) is 5.89 Å². The standard InChI is InChI=1S/C16H19N5O.ClH/c1-12(17-2)8-15-19-16(22-20-15)14-9-18-21(11-14)10-13-6-4-3-5-7-13;/h3-7,9,11-12,17H,8,10H2,1-2H3;1H. The number of halogens is 1. The first-order valence-electron chi connectivity index (χ1n) is 7.31. The molecule has 3 aromatic rings. The summed E-state index contributed by atoms with van der Waals surface area (Å²) in [6, 6.07) is 10.5. The van der Waals surface area contributed by atoms with E-state index in [1.54, 1.807) is 6.20 Å². The zero-order chi connectivity index (χ0) is 15.4. The van der Waals surface area contributed by atoms with E-state index in [2.05, 4.69) is 39.6 Å². The van der Waals surface area contributed by atoms with Crippen LogP contribution in [-0.2, 0) is 13.0 Å². The Morgan fingerprint density at radius 2 is 2.04 bits per heavy atom. The van der Waals surface area contributed by atoms with E-state index in [9.17, 15) is 0 Å². The zero-order valence-corrected chi connectivity index (χ0v) is 14.0. The number of nitrogens with one attached hydrogen (secondary N) is 1.